The minimum absolute atomic E-state index is 0.760. The Labute approximate surface area is 79.1 Å². The molecule has 0 N–H and O–H groups in total. The van der Waals surface area contributed by atoms with Crippen LogP contribution in [0.5, 0.6) is 0 Å². The lowest BCUT2D eigenvalue weighted by Gasteiger charge is -2.05. The highest BCUT2D eigenvalue weighted by molar-refractivity contribution is 5.03. The molecule has 0 fully saturated rings. The van der Waals surface area contributed by atoms with Crippen molar-refractivity contribution in [3.63, 3.8) is 0 Å². The van der Waals surface area contributed by atoms with E-state index in [9.17, 15) is 5.21 Å². The summed E-state index contributed by atoms with van der Waals surface area (Å²) in [5.74, 6) is 0. The summed E-state index contributed by atoms with van der Waals surface area (Å²) in [6.07, 6.45) is 4.67. The molecule has 2 nitrogen and oxygen atoms in total. The standard InChI is InChI=1S/C11H15NO/c1-3-4-5-8-11-9-6-7-10(2)12(11)13/h3,6-7,9H,1,4-5,8H2,2H3. The van der Waals surface area contributed by atoms with Crippen molar-refractivity contribution in [3.05, 3.63) is 47.4 Å². The minimum atomic E-state index is 0.760. The smallest absolute Gasteiger partial charge is 0.193 e. The zero-order chi connectivity index (χ0) is 9.68. The summed E-state index contributed by atoms with van der Waals surface area (Å²) in [4.78, 5) is 0. The van der Waals surface area contributed by atoms with E-state index in [2.05, 4.69) is 6.58 Å². The number of aryl methyl sites for hydroxylation is 2. The first kappa shape index (κ1) is 9.78. The molecule has 0 spiro atoms. The molecule has 0 amide bonds. The second kappa shape index (κ2) is 4.65. The van der Waals surface area contributed by atoms with Gasteiger partial charge in [0.05, 0.1) is 0 Å². The Morgan fingerprint density at radius 1 is 1.54 bits per heavy atom. The fourth-order valence-electron chi connectivity index (χ4n) is 1.27. The minimum Gasteiger partial charge on any atom is -0.618 e. The number of nitrogens with zero attached hydrogens (tertiary/aromatic N) is 1. The number of pyridine rings is 1. The Morgan fingerprint density at radius 3 is 3.00 bits per heavy atom. The van der Waals surface area contributed by atoms with Gasteiger partial charge in [-0.25, -0.2) is 0 Å². The zero-order valence-corrected chi connectivity index (χ0v) is 7.99. The summed E-state index contributed by atoms with van der Waals surface area (Å²) >= 11 is 0. The van der Waals surface area contributed by atoms with E-state index >= 15 is 0 Å². The highest BCUT2D eigenvalue weighted by Gasteiger charge is 2.05. The van der Waals surface area contributed by atoms with Crippen LogP contribution in [0, 0.1) is 12.1 Å². The van der Waals surface area contributed by atoms with Gasteiger partial charge in [-0.15, -0.1) is 6.58 Å². The maximum absolute atomic E-state index is 11.5. The van der Waals surface area contributed by atoms with Gasteiger partial charge in [-0.1, -0.05) is 6.08 Å². The molecular weight excluding hydrogens is 162 g/mol. The van der Waals surface area contributed by atoms with Crippen LogP contribution < -0.4 is 4.73 Å². The van der Waals surface area contributed by atoms with Crippen LogP contribution in [0.15, 0.2) is 30.9 Å². The molecule has 0 bridgehead atoms. The molecule has 1 heterocycles. The molecule has 1 aromatic rings. The van der Waals surface area contributed by atoms with E-state index in [4.69, 9.17) is 0 Å². The van der Waals surface area contributed by atoms with Gasteiger partial charge in [-0.2, -0.15) is 4.73 Å². The molecule has 0 aliphatic carbocycles. The molecule has 0 atom stereocenters. The van der Waals surface area contributed by atoms with Crippen LogP contribution in [0.25, 0.3) is 0 Å². The molecule has 0 aliphatic heterocycles. The Balaban J connectivity index is 2.65. The summed E-state index contributed by atoms with van der Waals surface area (Å²) in [6.45, 7) is 5.47. The predicted octanol–water partition coefficient (Wildman–Crippen LogP) is 2.14. The first-order valence-corrected chi connectivity index (χ1v) is 4.54. The van der Waals surface area contributed by atoms with Crippen LogP contribution in [0.2, 0.25) is 0 Å². The largest absolute Gasteiger partial charge is 0.618 e. The van der Waals surface area contributed by atoms with Crippen LogP contribution in [-0.4, -0.2) is 0 Å². The molecule has 0 saturated heterocycles. The molecule has 13 heavy (non-hydrogen) atoms. The Kier molecular flexibility index (Phi) is 3.50. The third-order valence-electron chi connectivity index (χ3n) is 2.05. The van der Waals surface area contributed by atoms with Gasteiger partial charge in [-0.05, 0) is 18.9 Å². The van der Waals surface area contributed by atoms with E-state index in [1.807, 2.05) is 31.2 Å². The van der Waals surface area contributed by atoms with Gasteiger partial charge in [0.2, 0.25) is 0 Å². The van der Waals surface area contributed by atoms with Crippen LogP contribution >= 0.6 is 0 Å². The first-order chi connectivity index (χ1) is 6.25. The summed E-state index contributed by atoms with van der Waals surface area (Å²) in [5, 5.41) is 11.5. The number of hydrogen-bond acceptors (Lipinski definition) is 1. The molecule has 0 aromatic carbocycles. The molecule has 0 unspecified atom stereocenters. The van der Waals surface area contributed by atoms with Crippen LogP contribution in [0.4, 0.5) is 0 Å². The fraction of sp³-hybridized carbons (Fsp3) is 0.364. The average molecular weight is 177 g/mol. The summed E-state index contributed by atoms with van der Waals surface area (Å²) in [6, 6.07) is 5.63. The van der Waals surface area contributed by atoms with Gasteiger partial charge in [0.1, 0.15) is 0 Å². The van der Waals surface area contributed by atoms with Crippen molar-refractivity contribution >= 4 is 0 Å². The van der Waals surface area contributed by atoms with E-state index in [-0.39, 0.29) is 0 Å². The van der Waals surface area contributed by atoms with E-state index in [1.54, 1.807) is 0 Å². The van der Waals surface area contributed by atoms with Gasteiger partial charge >= 0.3 is 0 Å². The summed E-state index contributed by atoms with van der Waals surface area (Å²) in [7, 11) is 0. The molecule has 1 aromatic heterocycles. The Hall–Kier alpha value is -1.31. The maximum Gasteiger partial charge on any atom is 0.193 e. The molecule has 0 radical (unpaired) electrons. The lowest BCUT2D eigenvalue weighted by Crippen LogP contribution is -2.34. The van der Waals surface area contributed by atoms with Crippen molar-refractivity contribution in [2.75, 3.05) is 0 Å². The molecule has 0 aliphatic rings. The highest BCUT2D eigenvalue weighted by Crippen LogP contribution is 2.01. The predicted molar refractivity (Wildman–Crippen MR) is 53.3 cm³/mol. The average Bonchev–Trinajstić information content (AvgIpc) is 2.13. The summed E-state index contributed by atoms with van der Waals surface area (Å²) < 4.78 is 1.00. The lowest BCUT2D eigenvalue weighted by atomic mass is 10.1. The topological polar surface area (TPSA) is 26.9 Å². The van der Waals surface area contributed by atoms with Gasteiger partial charge in [0.25, 0.3) is 0 Å². The second-order valence-electron chi connectivity index (χ2n) is 3.13. The third kappa shape index (κ3) is 2.58. The van der Waals surface area contributed by atoms with Crippen molar-refractivity contribution in [2.24, 2.45) is 0 Å². The van der Waals surface area contributed by atoms with Crippen LogP contribution in [0.1, 0.15) is 24.2 Å². The van der Waals surface area contributed by atoms with Crippen molar-refractivity contribution in [1.29, 1.82) is 0 Å². The summed E-state index contributed by atoms with van der Waals surface area (Å²) in [5.41, 5.74) is 1.61. The third-order valence-corrected chi connectivity index (χ3v) is 2.05. The highest BCUT2D eigenvalue weighted by atomic mass is 16.5. The fourth-order valence-corrected chi connectivity index (χ4v) is 1.27. The molecule has 70 valence electrons. The van der Waals surface area contributed by atoms with Crippen molar-refractivity contribution in [2.45, 2.75) is 26.2 Å². The van der Waals surface area contributed by atoms with E-state index in [0.717, 1.165) is 35.4 Å². The SMILES string of the molecule is C=CCCCc1cccc(C)[n+]1[O-]. The van der Waals surface area contributed by atoms with E-state index in [0.29, 0.717) is 0 Å². The number of hydrogen-bond donors (Lipinski definition) is 0. The van der Waals surface area contributed by atoms with E-state index < -0.39 is 0 Å². The lowest BCUT2D eigenvalue weighted by molar-refractivity contribution is -0.620. The molecule has 0 saturated carbocycles. The number of rotatable bonds is 4. The molecule has 1 rings (SSSR count). The molecule has 2 heteroatoms. The van der Waals surface area contributed by atoms with Crippen molar-refractivity contribution < 1.29 is 4.73 Å². The first-order valence-electron chi connectivity index (χ1n) is 4.54. The monoisotopic (exact) mass is 177 g/mol. The van der Waals surface area contributed by atoms with E-state index in [1.165, 1.54) is 0 Å². The van der Waals surface area contributed by atoms with Crippen molar-refractivity contribution in [3.8, 4) is 0 Å². The number of unbranched alkanes of at least 4 members (excludes halogenated alkanes) is 1. The normalized spacial score (nSPS) is 9.92. The number of aromatic nitrogens is 1. The second-order valence-corrected chi connectivity index (χ2v) is 3.13. The maximum atomic E-state index is 11.5. The van der Waals surface area contributed by atoms with Gasteiger partial charge in [0.15, 0.2) is 11.4 Å². The number of allylic oxidation sites excluding steroid dienone is 1. The van der Waals surface area contributed by atoms with Gasteiger partial charge in [0, 0.05) is 25.5 Å². The zero-order valence-electron chi connectivity index (χ0n) is 7.99. The van der Waals surface area contributed by atoms with Gasteiger partial charge < -0.3 is 5.21 Å². The van der Waals surface area contributed by atoms with Crippen LogP contribution in [0.3, 0.4) is 0 Å². The Bertz CT molecular complexity index is 294. The molecular formula is C11H15NO. The van der Waals surface area contributed by atoms with Crippen LogP contribution in [-0.2, 0) is 6.42 Å². The van der Waals surface area contributed by atoms with Crippen molar-refractivity contribution in [1.82, 2.24) is 0 Å². The Morgan fingerprint density at radius 2 is 2.31 bits per heavy atom. The quantitative estimate of drug-likeness (QED) is 0.299. The van der Waals surface area contributed by atoms with Gasteiger partial charge in [-0.3, -0.25) is 0 Å².